The van der Waals surface area contributed by atoms with Crippen LogP contribution >= 0.6 is 0 Å². The number of aliphatic carboxylic acids is 1. The normalized spacial score (nSPS) is 14.1. The van der Waals surface area contributed by atoms with Gasteiger partial charge in [-0.1, -0.05) is 0 Å². The molecule has 0 aromatic carbocycles. The lowest BCUT2D eigenvalue weighted by molar-refractivity contribution is -0.146. The average Bonchev–Trinajstić information content (AvgIpc) is 2.59. The summed E-state index contributed by atoms with van der Waals surface area (Å²) in [4.78, 5) is 10.8. The van der Waals surface area contributed by atoms with Crippen LogP contribution in [0.3, 0.4) is 0 Å². The fourth-order valence-corrected chi connectivity index (χ4v) is 1.51. The van der Waals surface area contributed by atoms with Crippen molar-refractivity contribution in [2.45, 2.75) is 38.9 Å². The van der Waals surface area contributed by atoms with Crippen LogP contribution in [0.1, 0.15) is 44.0 Å². The predicted octanol–water partition coefficient (Wildman–Crippen LogP) is 2.67. The van der Waals surface area contributed by atoms with Crippen LogP contribution in [-0.4, -0.2) is 20.9 Å². The van der Waals surface area contributed by atoms with Gasteiger partial charge in [-0.2, -0.15) is 18.3 Å². The summed E-state index contributed by atoms with van der Waals surface area (Å²) < 4.78 is 39.4. The smallest absolute Gasteiger partial charge is 0.433 e. The third kappa shape index (κ3) is 2.59. The predicted molar refractivity (Wildman–Crippen MR) is 53.7 cm³/mol. The van der Waals surface area contributed by atoms with Crippen LogP contribution in [0.4, 0.5) is 13.2 Å². The minimum absolute atomic E-state index is 0.307. The Morgan fingerprint density at radius 3 is 2.29 bits per heavy atom. The second-order valence-corrected chi connectivity index (χ2v) is 4.04. The molecule has 1 aromatic rings. The van der Waals surface area contributed by atoms with E-state index in [1.807, 2.05) is 0 Å². The number of halogens is 3. The highest BCUT2D eigenvalue weighted by molar-refractivity contribution is 5.75. The van der Waals surface area contributed by atoms with Crippen molar-refractivity contribution in [2.75, 3.05) is 0 Å². The molecule has 7 heteroatoms. The molecule has 0 saturated carbocycles. The number of carbonyl (C=O) groups is 1. The molecule has 0 aliphatic carbocycles. The first-order valence-electron chi connectivity index (χ1n) is 5.03. The van der Waals surface area contributed by atoms with Crippen LogP contribution in [0.2, 0.25) is 0 Å². The fourth-order valence-electron chi connectivity index (χ4n) is 1.51. The van der Waals surface area contributed by atoms with Crippen molar-refractivity contribution in [1.29, 1.82) is 0 Å². The van der Waals surface area contributed by atoms with E-state index in [0.717, 1.165) is 10.9 Å². The Labute approximate surface area is 96.0 Å². The molecule has 0 aliphatic rings. The monoisotopic (exact) mass is 250 g/mol. The number of hydrogen-bond donors (Lipinski definition) is 1. The van der Waals surface area contributed by atoms with Gasteiger partial charge in [0.25, 0.3) is 0 Å². The van der Waals surface area contributed by atoms with Crippen LogP contribution in [0.25, 0.3) is 0 Å². The van der Waals surface area contributed by atoms with Gasteiger partial charge in [0, 0.05) is 11.6 Å². The van der Waals surface area contributed by atoms with Gasteiger partial charge >= 0.3 is 12.1 Å². The summed E-state index contributed by atoms with van der Waals surface area (Å²) in [5.74, 6) is -2.54. The van der Waals surface area contributed by atoms with Gasteiger partial charge in [0.05, 0.1) is 12.1 Å². The highest BCUT2D eigenvalue weighted by atomic mass is 19.4. The Kier molecular flexibility index (Phi) is 3.49. The largest absolute Gasteiger partial charge is 0.481 e. The lowest BCUT2D eigenvalue weighted by atomic mass is 10.0. The van der Waals surface area contributed by atoms with Gasteiger partial charge in [0.15, 0.2) is 0 Å². The number of nitrogens with zero attached hydrogens (tertiary/aromatic N) is 2. The second-order valence-electron chi connectivity index (χ2n) is 4.04. The van der Waals surface area contributed by atoms with Gasteiger partial charge in [0.1, 0.15) is 5.69 Å². The van der Waals surface area contributed by atoms with E-state index in [-0.39, 0.29) is 5.56 Å². The Morgan fingerprint density at radius 2 is 1.94 bits per heavy atom. The summed E-state index contributed by atoms with van der Waals surface area (Å²) in [5.41, 5.74) is -1.29. The first kappa shape index (κ1) is 13.5. The third-order valence-corrected chi connectivity index (χ3v) is 2.42. The van der Waals surface area contributed by atoms with Gasteiger partial charge in [-0.25, -0.2) is 0 Å². The molecule has 0 aliphatic heterocycles. The molecular formula is C10H13F3N2O2. The maximum absolute atomic E-state index is 12.9. The van der Waals surface area contributed by atoms with E-state index in [0.29, 0.717) is 0 Å². The van der Waals surface area contributed by atoms with E-state index in [4.69, 9.17) is 5.11 Å². The van der Waals surface area contributed by atoms with Crippen molar-refractivity contribution in [3.8, 4) is 0 Å². The molecule has 0 spiro atoms. The van der Waals surface area contributed by atoms with Gasteiger partial charge in [0.2, 0.25) is 0 Å². The molecule has 0 fully saturated rings. The average molecular weight is 250 g/mol. The van der Waals surface area contributed by atoms with Crippen molar-refractivity contribution in [3.05, 3.63) is 17.5 Å². The zero-order valence-corrected chi connectivity index (χ0v) is 9.62. The third-order valence-electron chi connectivity index (χ3n) is 2.42. The topological polar surface area (TPSA) is 55.1 Å². The number of alkyl halides is 3. The van der Waals surface area contributed by atoms with E-state index >= 15 is 0 Å². The lowest BCUT2D eigenvalue weighted by Gasteiger charge is -2.16. The molecule has 1 rings (SSSR count). The molecule has 1 atom stereocenters. The first-order valence-corrected chi connectivity index (χ1v) is 5.03. The summed E-state index contributed by atoms with van der Waals surface area (Å²) in [6.07, 6.45) is -3.64. The molecule has 1 unspecified atom stereocenters. The van der Waals surface area contributed by atoms with E-state index in [2.05, 4.69) is 5.10 Å². The van der Waals surface area contributed by atoms with E-state index < -0.39 is 29.8 Å². The summed E-state index contributed by atoms with van der Waals surface area (Å²) in [5, 5.41) is 12.4. The lowest BCUT2D eigenvalue weighted by Crippen LogP contribution is -2.20. The maximum Gasteiger partial charge on any atom is 0.433 e. The number of rotatable bonds is 3. The highest BCUT2D eigenvalue weighted by Gasteiger charge is 2.40. The highest BCUT2D eigenvalue weighted by Crippen LogP contribution is 2.36. The van der Waals surface area contributed by atoms with E-state index in [1.165, 1.54) is 6.92 Å². The van der Waals surface area contributed by atoms with Crippen LogP contribution in [0.15, 0.2) is 6.20 Å². The molecule has 0 bridgehead atoms. The van der Waals surface area contributed by atoms with Crippen LogP contribution in [0.5, 0.6) is 0 Å². The molecule has 0 radical (unpaired) electrons. The Morgan fingerprint density at radius 1 is 1.41 bits per heavy atom. The van der Waals surface area contributed by atoms with Crippen molar-refractivity contribution in [1.82, 2.24) is 9.78 Å². The molecule has 0 saturated heterocycles. The Balaban J connectivity index is 3.38. The molecule has 17 heavy (non-hydrogen) atoms. The number of aromatic nitrogens is 2. The Hall–Kier alpha value is -1.53. The van der Waals surface area contributed by atoms with Crippen LogP contribution in [0, 0.1) is 0 Å². The fraction of sp³-hybridized carbons (Fsp3) is 0.600. The number of carboxylic acids is 1. The SMILES string of the molecule is CC(C(=O)O)c1cnn(C(C)C)c1C(F)(F)F. The van der Waals surface area contributed by atoms with Gasteiger partial charge in [-0.3, -0.25) is 9.48 Å². The molecule has 96 valence electrons. The molecular weight excluding hydrogens is 237 g/mol. The summed E-state index contributed by atoms with van der Waals surface area (Å²) >= 11 is 0. The standard InChI is InChI=1S/C10H13F3N2O2/c1-5(2)15-8(10(11,12)13)7(4-14-15)6(3)9(16)17/h4-6H,1-3H3,(H,16,17). The number of hydrogen-bond acceptors (Lipinski definition) is 2. The molecule has 0 amide bonds. The van der Waals surface area contributed by atoms with E-state index in [9.17, 15) is 18.0 Å². The maximum atomic E-state index is 12.9. The first-order chi connectivity index (χ1) is 7.66. The van der Waals surface area contributed by atoms with Crippen molar-refractivity contribution in [3.63, 3.8) is 0 Å². The summed E-state index contributed by atoms with van der Waals surface area (Å²) in [6, 6.07) is -0.485. The minimum Gasteiger partial charge on any atom is -0.481 e. The van der Waals surface area contributed by atoms with Crippen LogP contribution < -0.4 is 0 Å². The van der Waals surface area contributed by atoms with Gasteiger partial charge in [-0.05, 0) is 20.8 Å². The molecule has 1 aromatic heterocycles. The molecule has 4 nitrogen and oxygen atoms in total. The van der Waals surface area contributed by atoms with Crippen molar-refractivity contribution >= 4 is 5.97 Å². The van der Waals surface area contributed by atoms with Crippen molar-refractivity contribution in [2.24, 2.45) is 0 Å². The van der Waals surface area contributed by atoms with Gasteiger partial charge < -0.3 is 5.11 Å². The molecule has 1 heterocycles. The molecule has 1 N–H and O–H groups in total. The van der Waals surface area contributed by atoms with Crippen molar-refractivity contribution < 1.29 is 23.1 Å². The number of carboxylic acid groups (broad SMARTS) is 1. The second kappa shape index (κ2) is 4.38. The zero-order chi connectivity index (χ0) is 13.4. The summed E-state index contributed by atoms with van der Waals surface area (Å²) in [7, 11) is 0. The zero-order valence-electron chi connectivity index (χ0n) is 9.62. The quantitative estimate of drug-likeness (QED) is 0.897. The van der Waals surface area contributed by atoms with E-state index in [1.54, 1.807) is 13.8 Å². The Bertz CT molecular complexity index is 424. The van der Waals surface area contributed by atoms with Gasteiger partial charge in [-0.15, -0.1) is 0 Å². The minimum atomic E-state index is -4.61. The summed E-state index contributed by atoms with van der Waals surface area (Å²) in [6.45, 7) is 4.31. The van der Waals surface area contributed by atoms with Crippen LogP contribution in [-0.2, 0) is 11.0 Å².